The maximum Gasteiger partial charge on any atom is 0.325 e. The van der Waals surface area contributed by atoms with Crippen molar-refractivity contribution in [3.63, 3.8) is 0 Å². The van der Waals surface area contributed by atoms with E-state index in [1.165, 1.54) is 7.11 Å². The van der Waals surface area contributed by atoms with Crippen LogP contribution in [0.1, 0.15) is 19.3 Å². The molecule has 0 bridgehead atoms. The molecule has 5 nitrogen and oxygen atoms in total. The molecule has 1 aromatic heterocycles. The minimum atomic E-state index is -0.863. The molecule has 1 aromatic carbocycles. The summed E-state index contributed by atoms with van der Waals surface area (Å²) < 4.78 is 10.5. The number of fused-ring (bicyclic) bond motifs is 1. The molecule has 0 amide bonds. The summed E-state index contributed by atoms with van der Waals surface area (Å²) in [6.07, 6.45) is 2.08. The maximum atomic E-state index is 11.7. The number of para-hydroxylation sites is 2. The Balaban J connectivity index is 1.71. The van der Waals surface area contributed by atoms with Gasteiger partial charge in [0.05, 0.1) is 7.11 Å². The number of rotatable bonds is 3. The number of nitrogens with two attached hydrogens (primary N) is 1. The fourth-order valence-corrected chi connectivity index (χ4v) is 3.75. The Bertz CT molecular complexity index is 609. The highest BCUT2D eigenvalue weighted by molar-refractivity contribution is 7.99. The molecule has 1 heterocycles. The highest BCUT2D eigenvalue weighted by Crippen LogP contribution is 2.39. The van der Waals surface area contributed by atoms with E-state index in [2.05, 4.69) is 4.98 Å². The average Bonchev–Trinajstić information content (AvgIpc) is 3.02. The van der Waals surface area contributed by atoms with Crippen molar-refractivity contribution in [1.29, 1.82) is 0 Å². The molecule has 1 aliphatic rings. The zero-order valence-electron chi connectivity index (χ0n) is 11.2. The highest BCUT2D eigenvalue weighted by Gasteiger charge is 2.43. The zero-order chi connectivity index (χ0) is 14.2. The zero-order valence-corrected chi connectivity index (χ0v) is 12.0. The van der Waals surface area contributed by atoms with Crippen molar-refractivity contribution in [3.05, 3.63) is 24.3 Å². The molecule has 6 heteroatoms. The van der Waals surface area contributed by atoms with Crippen molar-refractivity contribution < 1.29 is 13.9 Å². The number of hydrogen-bond donors (Lipinski definition) is 1. The fraction of sp³-hybridized carbons (Fsp3) is 0.429. The molecule has 2 unspecified atom stereocenters. The summed E-state index contributed by atoms with van der Waals surface area (Å²) in [6.45, 7) is 0. The number of benzene rings is 1. The molecular formula is C14H16N2O3S. The van der Waals surface area contributed by atoms with E-state index in [4.69, 9.17) is 14.9 Å². The van der Waals surface area contributed by atoms with Crippen molar-refractivity contribution in [2.45, 2.75) is 35.3 Å². The van der Waals surface area contributed by atoms with E-state index in [1.54, 1.807) is 11.8 Å². The van der Waals surface area contributed by atoms with Gasteiger partial charge in [-0.15, -0.1) is 0 Å². The van der Waals surface area contributed by atoms with Crippen LogP contribution in [0.4, 0.5) is 0 Å². The fourth-order valence-electron chi connectivity index (χ4n) is 2.56. The Labute approximate surface area is 120 Å². The first-order valence-corrected chi connectivity index (χ1v) is 7.38. The Hall–Kier alpha value is -1.53. The normalized spacial score (nSPS) is 26.0. The number of ether oxygens (including phenoxy) is 1. The molecule has 1 aliphatic carbocycles. The van der Waals surface area contributed by atoms with Crippen LogP contribution in [-0.4, -0.2) is 28.9 Å². The lowest BCUT2D eigenvalue weighted by atomic mass is 10.00. The number of methoxy groups -OCH3 is 1. The number of oxazole rings is 1. The number of carbonyl (C=O) groups excluding carboxylic acids is 1. The average molecular weight is 292 g/mol. The molecule has 20 heavy (non-hydrogen) atoms. The molecule has 0 saturated heterocycles. The van der Waals surface area contributed by atoms with Gasteiger partial charge in [0.1, 0.15) is 11.1 Å². The third-order valence-corrected chi connectivity index (χ3v) is 4.75. The predicted molar refractivity (Wildman–Crippen MR) is 76.4 cm³/mol. The van der Waals surface area contributed by atoms with Crippen LogP contribution in [0, 0.1) is 0 Å². The number of nitrogens with zero attached hydrogens (tertiary/aromatic N) is 1. The lowest BCUT2D eigenvalue weighted by Gasteiger charge is -2.20. The van der Waals surface area contributed by atoms with Gasteiger partial charge in [0, 0.05) is 5.25 Å². The molecule has 2 aromatic rings. The Morgan fingerprint density at radius 1 is 1.55 bits per heavy atom. The summed E-state index contributed by atoms with van der Waals surface area (Å²) in [6, 6.07) is 7.65. The molecule has 0 radical (unpaired) electrons. The molecule has 106 valence electrons. The second kappa shape index (κ2) is 5.10. The molecule has 3 rings (SSSR count). The topological polar surface area (TPSA) is 78.4 Å². The number of thioether (sulfide) groups is 1. The largest absolute Gasteiger partial charge is 0.468 e. The molecule has 1 fully saturated rings. The van der Waals surface area contributed by atoms with E-state index < -0.39 is 5.54 Å². The van der Waals surface area contributed by atoms with Crippen LogP contribution in [0.2, 0.25) is 0 Å². The van der Waals surface area contributed by atoms with Crippen LogP contribution < -0.4 is 5.73 Å². The molecule has 1 saturated carbocycles. The summed E-state index contributed by atoms with van der Waals surface area (Å²) >= 11 is 1.54. The summed E-state index contributed by atoms with van der Waals surface area (Å²) in [7, 11) is 1.37. The smallest absolute Gasteiger partial charge is 0.325 e. The second-order valence-electron chi connectivity index (χ2n) is 5.08. The summed E-state index contributed by atoms with van der Waals surface area (Å²) in [5.41, 5.74) is 6.86. The Kier molecular flexibility index (Phi) is 3.43. The van der Waals surface area contributed by atoms with Crippen LogP contribution in [0.3, 0.4) is 0 Å². The highest BCUT2D eigenvalue weighted by atomic mass is 32.2. The van der Waals surface area contributed by atoms with E-state index in [0.717, 1.165) is 17.5 Å². The molecule has 2 N–H and O–H groups in total. The number of esters is 1. The van der Waals surface area contributed by atoms with Crippen LogP contribution in [0.5, 0.6) is 0 Å². The van der Waals surface area contributed by atoms with Crippen molar-refractivity contribution in [2.75, 3.05) is 7.11 Å². The lowest BCUT2D eigenvalue weighted by molar-refractivity contribution is -0.146. The van der Waals surface area contributed by atoms with Gasteiger partial charge in [-0.05, 0) is 31.4 Å². The van der Waals surface area contributed by atoms with Gasteiger partial charge >= 0.3 is 5.97 Å². The van der Waals surface area contributed by atoms with Crippen molar-refractivity contribution in [2.24, 2.45) is 5.73 Å². The Morgan fingerprint density at radius 2 is 2.35 bits per heavy atom. The number of aromatic nitrogens is 1. The first-order chi connectivity index (χ1) is 9.60. The van der Waals surface area contributed by atoms with Gasteiger partial charge in [-0.1, -0.05) is 23.9 Å². The van der Waals surface area contributed by atoms with Gasteiger partial charge < -0.3 is 14.9 Å². The van der Waals surface area contributed by atoms with Crippen molar-refractivity contribution >= 4 is 28.8 Å². The maximum absolute atomic E-state index is 11.7. The van der Waals surface area contributed by atoms with Gasteiger partial charge in [-0.25, -0.2) is 4.98 Å². The van der Waals surface area contributed by atoms with Crippen LogP contribution >= 0.6 is 11.8 Å². The quantitative estimate of drug-likeness (QED) is 0.875. The van der Waals surface area contributed by atoms with Crippen LogP contribution in [0.15, 0.2) is 33.9 Å². The standard InChI is InChI=1S/C14H16N2O3S/c1-18-12(17)14(15)7-6-9(8-14)20-13-16-10-4-2-3-5-11(10)19-13/h2-5,9H,6-8,15H2,1H3. The second-order valence-corrected chi connectivity index (χ2v) is 6.33. The van der Waals surface area contributed by atoms with E-state index in [-0.39, 0.29) is 11.2 Å². The SMILES string of the molecule is COC(=O)C1(N)CCC(Sc2nc3ccccc3o2)C1. The van der Waals surface area contributed by atoms with E-state index >= 15 is 0 Å². The van der Waals surface area contributed by atoms with E-state index in [0.29, 0.717) is 18.1 Å². The van der Waals surface area contributed by atoms with Crippen LogP contribution in [-0.2, 0) is 9.53 Å². The molecular weight excluding hydrogens is 276 g/mol. The Morgan fingerprint density at radius 3 is 3.10 bits per heavy atom. The monoisotopic (exact) mass is 292 g/mol. The van der Waals surface area contributed by atoms with Gasteiger partial charge in [0.15, 0.2) is 5.58 Å². The predicted octanol–water partition coefficient (Wildman–Crippen LogP) is 2.34. The first-order valence-electron chi connectivity index (χ1n) is 6.50. The molecule has 0 spiro atoms. The minimum absolute atomic E-state index is 0.229. The number of hydrogen-bond acceptors (Lipinski definition) is 6. The van der Waals surface area contributed by atoms with E-state index in [9.17, 15) is 4.79 Å². The van der Waals surface area contributed by atoms with Gasteiger partial charge in [0.2, 0.25) is 0 Å². The first kappa shape index (κ1) is 13.5. The van der Waals surface area contributed by atoms with Gasteiger partial charge in [0.25, 0.3) is 5.22 Å². The molecule has 2 atom stereocenters. The molecule has 0 aliphatic heterocycles. The van der Waals surface area contributed by atoms with Gasteiger partial charge in [-0.2, -0.15) is 0 Å². The third kappa shape index (κ3) is 2.41. The summed E-state index contributed by atoms with van der Waals surface area (Å²) in [4.78, 5) is 16.1. The third-order valence-electron chi connectivity index (χ3n) is 3.64. The van der Waals surface area contributed by atoms with Crippen molar-refractivity contribution in [3.8, 4) is 0 Å². The van der Waals surface area contributed by atoms with Crippen LogP contribution in [0.25, 0.3) is 11.1 Å². The summed E-state index contributed by atoms with van der Waals surface area (Å²) in [5.74, 6) is -0.335. The van der Waals surface area contributed by atoms with Crippen molar-refractivity contribution in [1.82, 2.24) is 4.98 Å². The summed E-state index contributed by atoms with van der Waals surface area (Å²) in [5, 5.41) is 0.859. The van der Waals surface area contributed by atoms with Gasteiger partial charge in [-0.3, -0.25) is 4.79 Å². The lowest BCUT2D eigenvalue weighted by Crippen LogP contribution is -2.46. The minimum Gasteiger partial charge on any atom is -0.468 e. The number of carbonyl (C=O) groups is 1. The van der Waals surface area contributed by atoms with E-state index in [1.807, 2.05) is 24.3 Å².